The summed E-state index contributed by atoms with van der Waals surface area (Å²) in [7, 11) is 0. The van der Waals surface area contributed by atoms with E-state index in [4.69, 9.17) is 11.6 Å². The number of carbonyl (C=O) groups is 1. The number of hydrogen-bond donors (Lipinski definition) is 1. The van der Waals surface area contributed by atoms with Gasteiger partial charge in [-0.25, -0.2) is 9.37 Å². The standard InChI is InChI=1S/C21H13ClFN3OS2/c22-13-4-5-15-18(9-13)29-21(24-15)25-20(27)17-10-19-16(6-7-28-19)26(17)11-12-2-1-3-14(23)8-12/h1-10H,11H2,(H,24,25,27). The maximum absolute atomic E-state index is 13.6. The summed E-state index contributed by atoms with van der Waals surface area (Å²) >= 11 is 8.97. The number of anilines is 1. The van der Waals surface area contributed by atoms with Gasteiger partial charge in [-0.1, -0.05) is 35.1 Å². The smallest absolute Gasteiger partial charge is 0.274 e. The maximum atomic E-state index is 13.6. The Balaban J connectivity index is 1.50. The topological polar surface area (TPSA) is 46.9 Å². The van der Waals surface area contributed by atoms with E-state index in [0.717, 1.165) is 26.0 Å². The van der Waals surface area contributed by atoms with E-state index in [1.54, 1.807) is 23.5 Å². The number of nitrogens with one attached hydrogen (secondary N) is 1. The van der Waals surface area contributed by atoms with Gasteiger partial charge in [-0.3, -0.25) is 10.1 Å². The lowest BCUT2D eigenvalue weighted by Gasteiger charge is -2.10. The molecule has 0 unspecified atom stereocenters. The van der Waals surface area contributed by atoms with Crippen molar-refractivity contribution in [1.29, 1.82) is 0 Å². The number of benzene rings is 2. The molecular formula is C21H13ClFN3OS2. The first kappa shape index (κ1) is 18.3. The summed E-state index contributed by atoms with van der Waals surface area (Å²) in [6, 6.07) is 15.7. The van der Waals surface area contributed by atoms with Crippen molar-refractivity contribution in [3.8, 4) is 0 Å². The van der Waals surface area contributed by atoms with Crippen LogP contribution in [0, 0.1) is 5.82 Å². The van der Waals surface area contributed by atoms with Crippen LogP contribution in [0.15, 0.2) is 60.0 Å². The SMILES string of the molecule is O=C(Nc1nc2ccc(Cl)cc2s1)c1cc2sccc2n1Cc1cccc(F)c1. The highest BCUT2D eigenvalue weighted by Crippen LogP contribution is 2.30. The molecule has 1 N–H and O–H groups in total. The average Bonchev–Trinajstić information content (AvgIpc) is 3.37. The van der Waals surface area contributed by atoms with Crippen molar-refractivity contribution >= 4 is 65.7 Å². The molecule has 0 aliphatic rings. The Morgan fingerprint density at radius 2 is 2.03 bits per heavy atom. The van der Waals surface area contributed by atoms with Gasteiger partial charge in [-0.05, 0) is 53.4 Å². The molecule has 5 aromatic rings. The van der Waals surface area contributed by atoms with Crippen LogP contribution in [0.2, 0.25) is 5.02 Å². The fraction of sp³-hybridized carbons (Fsp3) is 0.0476. The maximum Gasteiger partial charge on any atom is 0.274 e. The number of hydrogen-bond acceptors (Lipinski definition) is 4. The molecule has 5 rings (SSSR count). The second-order valence-corrected chi connectivity index (χ2v) is 8.92. The van der Waals surface area contributed by atoms with Crippen LogP contribution in [0.5, 0.6) is 0 Å². The minimum absolute atomic E-state index is 0.255. The lowest BCUT2D eigenvalue weighted by atomic mass is 10.2. The zero-order valence-corrected chi connectivity index (χ0v) is 17.2. The van der Waals surface area contributed by atoms with Gasteiger partial charge in [-0.2, -0.15) is 0 Å². The summed E-state index contributed by atoms with van der Waals surface area (Å²) in [5.74, 6) is -0.551. The monoisotopic (exact) mass is 441 g/mol. The van der Waals surface area contributed by atoms with Crippen LogP contribution in [-0.4, -0.2) is 15.5 Å². The summed E-state index contributed by atoms with van der Waals surface area (Å²) in [6.07, 6.45) is 0. The second kappa shape index (κ2) is 7.26. The molecule has 0 saturated carbocycles. The number of thiophene rings is 1. The Hall–Kier alpha value is -2.74. The molecular weight excluding hydrogens is 429 g/mol. The summed E-state index contributed by atoms with van der Waals surface area (Å²) in [5, 5.41) is 6.00. The number of carbonyl (C=O) groups excluding carboxylic acids is 1. The van der Waals surface area contributed by atoms with Crippen LogP contribution < -0.4 is 5.32 Å². The Bertz CT molecular complexity index is 1370. The first-order valence-electron chi connectivity index (χ1n) is 8.75. The fourth-order valence-corrected chi connectivity index (χ4v) is 5.23. The molecule has 0 spiro atoms. The molecule has 3 heterocycles. The predicted molar refractivity (Wildman–Crippen MR) is 118 cm³/mol. The van der Waals surface area contributed by atoms with Gasteiger partial charge in [0.25, 0.3) is 5.91 Å². The van der Waals surface area contributed by atoms with E-state index in [1.807, 2.05) is 40.3 Å². The highest BCUT2D eigenvalue weighted by molar-refractivity contribution is 7.22. The molecule has 3 aromatic heterocycles. The zero-order valence-electron chi connectivity index (χ0n) is 14.9. The van der Waals surface area contributed by atoms with Crippen LogP contribution in [0.3, 0.4) is 0 Å². The van der Waals surface area contributed by atoms with E-state index < -0.39 is 0 Å². The quantitative estimate of drug-likeness (QED) is 0.350. The minimum atomic E-state index is -0.296. The second-order valence-electron chi connectivity index (χ2n) is 6.50. The first-order valence-corrected chi connectivity index (χ1v) is 10.8. The molecule has 0 bridgehead atoms. The van der Waals surface area contributed by atoms with Gasteiger partial charge in [0.1, 0.15) is 11.5 Å². The van der Waals surface area contributed by atoms with Crippen LogP contribution >= 0.6 is 34.3 Å². The number of amides is 1. The number of halogens is 2. The molecule has 0 aliphatic heterocycles. The van der Waals surface area contributed by atoms with Crippen molar-refractivity contribution in [2.45, 2.75) is 6.54 Å². The number of rotatable bonds is 4. The molecule has 0 aliphatic carbocycles. The van der Waals surface area contributed by atoms with Gasteiger partial charge in [0.15, 0.2) is 5.13 Å². The van der Waals surface area contributed by atoms with E-state index >= 15 is 0 Å². The molecule has 0 atom stereocenters. The third kappa shape index (κ3) is 3.53. The van der Waals surface area contributed by atoms with Crippen molar-refractivity contribution in [2.24, 2.45) is 0 Å². The molecule has 4 nitrogen and oxygen atoms in total. The number of nitrogens with zero attached hydrogens (tertiary/aromatic N) is 2. The zero-order chi connectivity index (χ0) is 20.0. The lowest BCUT2D eigenvalue weighted by molar-refractivity contribution is 0.101. The summed E-state index contributed by atoms with van der Waals surface area (Å²) in [4.78, 5) is 17.5. The highest BCUT2D eigenvalue weighted by Gasteiger charge is 2.18. The number of fused-ring (bicyclic) bond motifs is 2. The Morgan fingerprint density at radius 1 is 1.14 bits per heavy atom. The molecule has 2 aromatic carbocycles. The Labute approximate surface area is 178 Å². The van der Waals surface area contributed by atoms with Crippen molar-refractivity contribution in [2.75, 3.05) is 5.32 Å². The third-order valence-electron chi connectivity index (χ3n) is 4.56. The van der Waals surface area contributed by atoms with Crippen molar-refractivity contribution < 1.29 is 9.18 Å². The largest absolute Gasteiger partial charge is 0.331 e. The van der Waals surface area contributed by atoms with E-state index in [2.05, 4.69) is 10.3 Å². The van der Waals surface area contributed by atoms with Crippen molar-refractivity contribution in [1.82, 2.24) is 9.55 Å². The van der Waals surface area contributed by atoms with Crippen LogP contribution in [0.4, 0.5) is 9.52 Å². The fourth-order valence-electron chi connectivity index (χ4n) is 3.27. The van der Waals surface area contributed by atoms with Gasteiger partial charge >= 0.3 is 0 Å². The molecule has 1 amide bonds. The number of thiazole rings is 1. The van der Waals surface area contributed by atoms with E-state index in [-0.39, 0.29) is 11.7 Å². The molecule has 0 radical (unpaired) electrons. The van der Waals surface area contributed by atoms with Gasteiger partial charge in [-0.15, -0.1) is 11.3 Å². The van der Waals surface area contributed by atoms with Crippen molar-refractivity contribution in [3.63, 3.8) is 0 Å². The first-order chi connectivity index (χ1) is 14.1. The molecule has 0 fully saturated rings. The Kier molecular flexibility index (Phi) is 4.58. The van der Waals surface area contributed by atoms with E-state index in [1.165, 1.54) is 23.5 Å². The van der Waals surface area contributed by atoms with Gasteiger partial charge in [0, 0.05) is 11.6 Å². The summed E-state index contributed by atoms with van der Waals surface area (Å²) in [5.41, 5.74) is 3.03. The van der Waals surface area contributed by atoms with E-state index in [9.17, 15) is 9.18 Å². The lowest BCUT2D eigenvalue weighted by Crippen LogP contribution is -2.17. The highest BCUT2D eigenvalue weighted by atomic mass is 35.5. The molecule has 8 heteroatoms. The van der Waals surface area contributed by atoms with Gasteiger partial charge in [0.2, 0.25) is 0 Å². The van der Waals surface area contributed by atoms with Crippen LogP contribution in [0.25, 0.3) is 20.4 Å². The van der Waals surface area contributed by atoms with E-state index in [0.29, 0.717) is 22.4 Å². The third-order valence-corrected chi connectivity index (χ3v) is 6.58. The summed E-state index contributed by atoms with van der Waals surface area (Å²) in [6.45, 7) is 0.399. The predicted octanol–water partition coefficient (Wildman–Crippen LogP) is 6.41. The summed E-state index contributed by atoms with van der Waals surface area (Å²) < 4.78 is 17.4. The van der Waals surface area contributed by atoms with Crippen LogP contribution in [-0.2, 0) is 6.54 Å². The van der Waals surface area contributed by atoms with Crippen LogP contribution in [0.1, 0.15) is 16.1 Å². The van der Waals surface area contributed by atoms with Crippen molar-refractivity contribution in [3.05, 3.63) is 82.1 Å². The normalized spacial score (nSPS) is 11.4. The minimum Gasteiger partial charge on any atom is -0.331 e. The Morgan fingerprint density at radius 3 is 2.90 bits per heavy atom. The van der Waals surface area contributed by atoms with Gasteiger partial charge < -0.3 is 4.57 Å². The molecule has 29 heavy (non-hydrogen) atoms. The number of aromatic nitrogens is 2. The average molecular weight is 442 g/mol. The molecule has 0 saturated heterocycles. The molecule has 144 valence electrons. The van der Waals surface area contributed by atoms with Gasteiger partial charge in [0.05, 0.1) is 20.4 Å².